The largest absolute Gasteiger partial charge is 0.471 e. The lowest BCUT2D eigenvalue weighted by Gasteiger charge is -2.09. The van der Waals surface area contributed by atoms with E-state index in [0.717, 1.165) is 6.42 Å². The number of aromatic nitrogens is 2. The zero-order valence-electron chi connectivity index (χ0n) is 12.0. The van der Waals surface area contributed by atoms with E-state index in [1.165, 1.54) is 28.9 Å². The van der Waals surface area contributed by atoms with Gasteiger partial charge in [0.05, 0.1) is 0 Å². The second kappa shape index (κ2) is 6.88. The number of benzene rings is 1. The van der Waals surface area contributed by atoms with Crippen LogP contribution in [-0.2, 0) is 6.73 Å². The summed E-state index contributed by atoms with van der Waals surface area (Å²) in [4.78, 5) is 11.9. The first-order chi connectivity index (χ1) is 10.1. The number of nitrogens with one attached hydrogen (secondary N) is 1. The molecule has 0 saturated carbocycles. The summed E-state index contributed by atoms with van der Waals surface area (Å²) >= 11 is 0. The monoisotopic (exact) mass is 291 g/mol. The Bertz CT molecular complexity index is 595. The molecule has 1 unspecified atom stereocenters. The molecule has 112 valence electrons. The number of halogens is 1. The number of rotatable bonds is 6. The van der Waals surface area contributed by atoms with Gasteiger partial charge < -0.3 is 10.1 Å². The molecule has 0 radical (unpaired) electrons. The molecule has 0 aliphatic rings. The lowest BCUT2D eigenvalue weighted by molar-refractivity contribution is 0.0932. The zero-order valence-corrected chi connectivity index (χ0v) is 12.0. The number of hydrogen-bond donors (Lipinski definition) is 1. The molecular weight excluding hydrogens is 273 g/mol. The van der Waals surface area contributed by atoms with Crippen LogP contribution in [0.1, 0.15) is 30.8 Å². The van der Waals surface area contributed by atoms with Crippen LogP contribution in [0.25, 0.3) is 0 Å². The molecule has 0 aliphatic carbocycles. The average molecular weight is 291 g/mol. The quantitative estimate of drug-likeness (QED) is 0.890. The Hall–Kier alpha value is -2.37. The summed E-state index contributed by atoms with van der Waals surface area (Å²) in [5.74, 6) is 0.0211. The number of nitrogens with zero attached hydrogens (tertiary/aromatic N) is 2. The summed E-state index contributed by atoms with van der Waals surface area (Å²) in [5, 5.41) is 6.98. The van der Waals surface area contributed by atoms with Crippen LogP contribution in [0.4, 0.5) is 4.39 Å². The fourth-order valence-corrected chi connectivity index (χ4v) is 1.63. The Balaban J connectivity index is 1.91. The van der Waals surface area contributed by atoms with E-state index in [1.807, 2.05) is 13.8 Å². The molecule has 0 saturated heterocycles. The molecule has 0 fully saturated rings. The van der Waals surface area contributed by atoms with Crippen molar-refractivity contribution < 1.29 is 13.9 Å². The predicted molar refractivity (Wildman–Crippen MR) is 76.5 cm³/mol. The van der Waals surface area contributed by atoms with Gasteiger partial charge in [-0.05, 0) is 43.7 Å². The van der Waals surface area contributed by atoms with Crippen LogP contribution < -0.4 is 10.1 Å². The molecule has 5 nitrogen and oxygen atoms in total. The Kier molecular flexibility index (Phi) is 4.92. The minimum atomic E-state index is -0.314. The minimum absolute atomic E-state index is 0.109. The molecule has 21 heavy (non-hydrogen) atoms. The van der Waals surface area contributed by atoms with Crippen LogP contribution in [0.5, 0.6) is 5.75 Å². The Morgan fingerprint density at radius 3 is 2.76 bits per heavy atom. The van der Waals surface area contributed by atoms with Gasteiger partial charge in [-0.1, -0.05) is 6.92 Å². The van der Waals surface area contributed by atoms with Crippen molar-refractivity contribution in [3.8, 4) is 5.75 Å². The highest BCUT2D eigenvalue weighted by Crippen LogP contribution is 2.11. The molecule has 0 aliphatic heterocycles. The Morgan fingerprint density at radius 1 is 1.38 bits per heavy atom. The molecule has 2 rings (SSSR count). The summed E-state index contributed by atoms with van der Waals surface area (Å²) in [5.41, 5.74) is 0.345. The summed E-state index contributed by atoms with van der Waals surface area (Å²) in [6.45, 7) is 4.09. The van der Waals surface area contributed by atoms with Crippen LogP contribution in [0.3, 0.4) is 0 Å². The van der Waals surface area contributed by atoms with Gasteiger partial charge in [0.15, 0.2) is 6.73 Å². The van der Waals surface area contributed by atoms with Crippen molar-refractivity contribution in [2.45, 2.75) is 33.0 Å². The fraction of sp³-hybridized carbons (Fsp3) is 0.333. The molecule has 1 heterocycles. The van der Waals surface area contributed by atoms with Gasteiger partial charge in [0.2, 0.25) is 0 Å². The third-order valence-electron chi connectivity index (χ3n) is 3.04. The van der Waals surface area contributed by atoms with Gasteiger partial charge in [0.25, 0.3) is 5.91 Å². The standard InChI is InChI=1S/C15H18FN3O2/c1-3-11(2)17-15(20)14-8-9-19(18-14)10-21-13-6-4-12(16)5-7-13/h4-9,11H,3,10H2,1-2H3,(H,17,20). The van der Waals surface area contributed by atoms with Crippen molar-refractivity contribution in [1.82, 2.24) is 15.1 Å². The summed E-state index contributed by atoms with van der Waals surface area (Å²) < 4.78 is 19.7. The first-order valence-electron chi connectivity index (χ1n) is 6.81. The van der Waals surface area contributed by atoms with Gasteiger partial charge >= 0.3 is 0 Å². The normalized spacial score (nSPS) is 12.0. The third kappa shape index (κ3) is 4.30. The number of carbonyl (C=O) groups excluding carboxylic acids is 1. The first-order valence-corrected chi connectivity index (χ1v) is 6.81. The lowest BCUT2D eigenvalue weighted by atomic mass is 10.2. The Morgan fingerprint density at radius 2 is 2.10 bits per heavy atom. The smallest absolute Gasteiger partial charge is 0.271 e. The van der Waals surface area contributed by atoms with E-state index in [1.54, 1.807) is 12.3 Å². The molecule has 0 spiro atoms. The number of carbonyl (C=O) groups is 1. The number of amides is 1. The van der Waals surface area contributed by atoms with E-state index in [9.17, 15) is 9.18 Å². The molecule has 0 bridgehead atoms. The van der Waals surface area contributed by atoms with Crippen LogP contribution in [-0.4, -0.2) is 21.7 Å². The van der Waals surface area contributed by atoms with Crippen molar-refractivity contribution in [2.75, 3.05) is 0 Å². The molecular formula is C15H18FN3O2. The van der Waals surface area contributed by atoms with Gasteiger partial charge in [-0.2, -0.15) is 5.10 Å². The van der Waals surface area contributed by atoms with Crippen LogP contribution >= 0.6 is 0 Å². The second-order valence-corrected chi connectivity index (χ2v) is 4.75. The third-order valence-corrected chi connectivity index (χ3v) is 3.04. The van der Waals surface area contributed by atoms with E-state index in [2.05, 4.69) is 10.4 Å². The molecule has 6 heteroatoms. The van der Waals surface area contributed by atoms with Crippen LogP contribution in [0.15, 0.2) is 36.5 Å². The van der Waals surface area contributed by atoms with E-state index >= 15 is 0 Å². The van der Waals surface area contributed by atoms with E-state index in [-0.39, 0.29) is 24.5 Å². The molecule has 1 aromatic heterocycles. The highest BCUT2D eigenvalue weighted by Gasteiger charge is 2.11. The van der Waals surface area contributed by atoms with Gasteiger partial charge in [-0.3, -0.25) is 4.79 Å². The summed E-state index contributed by atoms with van der Waals surface area (Å²) in [6.07, 6.45) is 2.52. The maximum absolute atomic E-state index is 12.8. The maximum Gasteiger partial charge on any atom is 0.271 e. The van der Waals surface area contributed by atoms with Crippen molar-refractivity contribution in [3.63, 3.8) is 0 Å². The molecule has 1 atom stereocenters. The van der Waals surface area contributed by atoms with Crippen LogP contribution in [0.2, 0.25) is 0 Å². The number of ether oxygens (including phenoxy) is 1. The van der Waals surface area contributed by atoms with Crippen molar-refractivity contribution in [3.05, 3.63) is 48.0 Å². The van der Waals surface area contributed by atoms with Crippen molar-refractivity contribution in [1.29, 1.82) is 0 Å². The van der Waals surface area contributed by atoms with Gasteiger partial charge in [0.1, 0.15) is 17.3 Å². The van der Waals surface area contributed by atoms with Crippen molar-refractivity contribution in [2.24, 2.45) is 0 Å². The van der Waals surface area contributed by atoms with Gasteiger partial charge in [-0.25, -0.2) is 9.07 Å². The SMILES string of the molecule is CCC(C)NC(=O)c1ccn(COc2ccc(F)cc2)n1. The van der Waals surface area contributed by atoms with E-state index in [4.69, 9.17) is 4.74 Å². The molecule has 2 aromatic rings. The first kappa shape index (κ1) is 15.0. The van der Waals surface area contributed by atoms with Crippen LogP contribution in [0, 0.1) is 5.82 Å². The van der Waals surface area contributed by atoms with Gasteiger partial charge in [-0.15, -0.1) is 0 Å². The van der Waals surface area contributed by atoms with Gasteiger partial charge in [0, 0.05) is 12.2 Å². The number of hydrogen-bond acceptors (Lipinski definition) is 3. The minimum Gasteiger partial charge on any atom is -0.471 e. The van der Waals surface area contributed by atoms with Crippen molar-refractivity contribution >= 4 is 5.91 Å². The Labute approximate surface area is 122 Å². The molecule has 1 amide bonds. The second-order valence-electron chi connectivity index (χ2n) is 4.75. The predicted octanol–water partition coefficient (Wildman–Crippen LogP) is 2.59. The maximum atomic E-state index is 12.8. The topological polar surface area (TPSA) is 56.2 Å². The molecule has 1 aromatic carbocycles. The van der Waals surface area contributed by atoms with E-state index in [0.29, 0.717) is 11.4 Å². The average Bonchev–Trinajstić information content (AvgIpc) is 2.95. The zero-order chi connectivity index (χ0) is 15.2. The fourth-order valence-electron chi connectivity index (χ4n) is 1.63. The summed E-state index contributed by atoms with van der Waals surface area (Å²) in [7, 11) is 0. The highest BCUT2D eigenvalue weighted by atomic mass is 19.1. The molecule has 1 N–H and O–H groups in total. The highest BCUT2D eigenvalue weighted by molar-refractivity contribution is 5.92. The summed E-state index contributed by atoms with van der Waals surface area (Å²) in [6, 6.07) is 7.46. The lowest BCUT2D eigenvalue weighted by Crippen LogP contribution is -2.32. The van der Waals surface area contributed by atoms with E-state index < -0.39 is 0 Å².